The Morgan fingerprint density at radius 1 is 1.17 bits per heavy atom. The fraction of sp³-hybridized carbons (Fsp3) is 0.0588. The molecule has 0 unspecified atom stereocenters. The van der Waals surface area contributed by atoms with Crippen molar-refractivity contribution in [3.8, 4) is 11.3 Å². The highest BCUT2D eigenvalue weighted by Gasteiger charge is 2.12. The molecule has 24 heavy (non-hydrogen) atoms. The number of hydrogen-bond acceptors (Lipinski definition) is 3. The van der Waals surface area contributed by atoms with Crippen molar-refractivity contribution in [1.29, 1.82) is 0 Å². The van der Waals surface area contributed by atoms with E-state index in [1.165, 1.54) is 23.5 Å². The standard InChI is InChI=1S/C17H11Cl2FN2OS/c18-12-4-2-11(3-5-12)15-9-24-17(22-15)16(23)21-8-10-1-6-14(20)13(19)7-10/h1-7,9H,8H2,(H,21,23). The third-order valence-corrected chi connectivity index (χ3v) is 4.66. The highest BCUT2D eigenvalue weighted by molar-refractivity contribution is 7.12. The van der Waals surface area contributed by atoms with E-state index in [2.05, 4.69) is 10.3 Å². The molecular formula is C17H11Cl2FN2OS. The first-order valence-electron chi connectivity index (χ1n) is 6.96. The summed E-state index contributed by atoms with van der Waals surface area (Å²) in [4.78, 5) is 16.5. The Bertz CT molecular complexity index is 881. The average molecular weight is 381 g/mol. The molecule has 0 radical (unpaired) electrons. The molecule has 0 saturated carbocycles. The van der Waals surface area contributed by atoms with E-state index in [4.69, 9.17) is 23.2 Å². The largest absolute Gasteiger partial charge is 0.346 e. The molecule has 3 nitrogen and oxygen atoms in total. The zero-order chi connectivity index (χ0) is 17.1. The lowest BCUT2D eigenvalue weighted by Gasteiger charge is -2.04. The maximum atomic E-state index is 13.1. The summed E-state index contributed by atoms with van der Waals surface area (Å²) in [6, 6.07) is 11.6. The molecule has 2 aromatic carbocycles. The molecule has 3 rings (SSSR count). The first-order valence-corrected chi connectivity index (χ1v) is 8.60. The fourth-order valence-corrected chi connectivity index (χ4v) is 3.11. The highest BCUT2D eigenvalue weighted by atomic mass is 35.5. The Balaban J connectivity index is 1.67. The van der Waals surface area contributed by atoms with E-state index in [9.17, 15) is 9.18 Å². The number of hydrogen-bond donors (Lipinski definition) is 1. The Labute approximate surface area is 152 Å². The lowest BCUT2D eigenvalue weighted by molar-refractivity contribution is 0.0950. The minimum atomic E-state index is -0.487. The van der Waals surface area contributed by atoms with Gasteiger partial charge in [0, 0.05) is 22.5 Å². The van der Waals surface area contributed by atoms with Crippen LogP contribution in [0.3, 0.4) is 0 Å². The first kappa shape index (κ1) is 16.9. The fourth-order valence-electron chi connectivity index (χ4n) is 2.04. The molecule has 0 aliphatic rings. The van der Waals surface area contributed by atoms with Crippen LogP contribution in [-0.2, 0) is 6.54 Å². The molecule has 3 aromatic rings. The minimum absolute atomic E-state index is 0.0287. The summed E-state index contributed by atoms with van der Waals surface area (Å²) in [5.41, 5.74) is 2.32. The van der Waals surface area contributed by atoms with Gasteiger partial charge in [0.05, 0.1) is 10.7 Å². The zero-order valence-corrected chi connectivity index (χ0v) is 14.6. The van der Waals surface area contributed by atoms with E-state index in [-0.39, 0.29) is 17.5 Å². The lowest BCUT2D eigenvalue weighted by Crippen LogP contribution is -2.22. The number of rotatable bonds is 4. The van der Waals surface area contributed by atoms with Crippen LogP contribution >= 0.6 is 34.5 Å². The smallest absolute Gasteiger partial charge is 0.280 e. The number of nitrogens with one attached hydrogen (secondary N) is 1. The van der Waals surface area contributed by atoms with E-state index in [0.29, 0.717) is 21.3 Å². The van der Waals surface area contributed by atoms with E-state index in [1.54, 1.807) is 18.2 Å². The Morgan fingerprint density at radius 3 is 2.62 bits per heavy atom. The lowest BCUT2D eigenvalue weighted by atomic mass is 10.2. The Morgan fingerprint density at radius 2 is 1.92 bits per heavy atom. The summed E-state index contributed by atoms with van der Waals surface area (Å²) in [7, 11) is 0. The van der Waals surface area contributed by atoms with Crippen LogP contribution in [0, 0.1) is 5.82 Å². The van der Waals surface area contributed by atoms with E-state index in [1.807, 2.05) is 17.5 Å². The van der Waals surface area contributed by atoms with Crippen molar-refractivity contribution in [2.75, 3.05) is 0 Å². The number of carbonyl (C=O) groups excluding carboxylic acids is 1. The van der Waals surface area contributed by atoms with Gasteiger partial charge in [-0.2, -0.15) is 0 Å². The van der Waals surface area contributed by atoms with Gasteiger partial charge in [-0.3, -0.25) is 4.79 Å². The van der Waals surface area contributed by atoms with Gasteiger partial charge in [-0.1, -0.05) is 41.4 Å². The first-order chi connectivity index (χ1) is 11.5. The maximum absolute atomic E-state index is 13.1. The topological polar surface area (TPSA) is 42.0 Å². The van der Waals surface area contributed by atoms with Crippen molar-refractivity contribution in [1.82, 2.24) is 10.3 Å². The minimum Gasteiger partial charge on any atom is -0.346 e. The number of amides is 1. The molecule has 0 spiro atoms. The molecule has 0 fully saturated rings. The van der Waals surface area contributed by atoms with Crippen molar-refractivity contribution < 1.29 is 9.18 Å². The number of nitrogens with zero attached hydrogens (tertiary/aromatic N) is 1. The number of benzene rings is 2. The number of halogens is 3. The van der Waals surface area contributed by atoms with Crippen LogP contribution in [0.15, 0.2) is 47.8 Å². The average Bonchev–Trinajstić information content (AvgIpc) is 3.06. The molecule has 1 aromatic heterocycles. The second kappa shape index (κ2) is 7.30. The third-order valence-electron chi connectivity index (χ3n) is 3.28. The summed E-state index contributed by atoms with van der Waals surface area (Å²) in [6.07, 6.45) is 0. The van der Waals surface area contributed by atoms with Crippen LogP contribution in [0.1, 0.15) is 15.4 Å². The van der Waals surface area contributed by atoms with Crippen molar-refractivity contribution in [2.45, 2.75) is 6.54 Å². The quantitative estimate of drug-likeness (QED) is 0.676. The summed E-state index contributed by atoms with van der Waals surface area (Å²) < 4.78 is 13.1. The Hall–Kier alpha value is -1.95. The molecule has 0 aliphatic carbocycles. The Kier molecular flexibility index (Phi) is 5.14. The molecular weight excluding hydrogens is 370 g/mol. The third kappa shape index (κ3) is 3.93. The molecule has 7 heteroatoms. The van der Waals surface area contributed by atoms with Crippen molar-refractivity contribution >= 4 is 40.4 Å². The molecule has 0 saturated heterocycles. The maximum Gasteiger partial charge on any atom is 0.280 e. The molecule has 1 heterocycles. The van der Waals surface area contributed by atoms with Gasteiger partial charge >= 0.3 is 0 Å². The molecule has 122 valence electrons. The summed E-state index contributed by atoms with van der Waals surface area (Å²) in [6.45, 7) is 0.245. The summed E-state index contributed by atoms with van der Waals surface area (Å²) in [5.74, 6) is -0.778. The predicted molar refractivity (Wildman–Crippen MR) is 95.1 cm³/mol. The van der Waals surface area contributed by atoms with Crippen LogP contribution in [0.5, 0.6) is 0 Å². The van der Waals surface area contributed by atoms with Gasteiger partial charge in [-0.05, 0) is 29.8 Å². The van der Waals surface area contributed by atoms with Crippen LogP contribution in [0.2, 0.25) is 10.0 Å². The van der Waals surface area contributed by atoms with E-state index in [0.717, 1.165) is 5.56 Å². The normalized spacial score (nSPS) is 10.6. The van der Waals surface area contributed by atoms with Gasteiger partial charge < -0.3 is 5.32 Å². The van der Waals surface area contributed by atoms with Crippen molar-refractivity contribution in [3.05, 3.63) is 74.3 Å². The highest BCUT2D eigenvalue weighted by Crippen LogP contribution is 2.23. The molecule has 0 bridgehead atoms. The van der Waals surface area contributed by atoms with Gasteiger partial charge in [0.25, 0.3) is 5.91 Å². The van der Waals surface area contributed by atoms with Crippen LogP contribution in [0.25, 0.3) is 11.3 Å². The van der Waals surface area contributed by atoms with Gasteiger partial charge in [-0.25, -0.2) is 9.37 Å². The molecule has 0 aliphatic heterocycles. The van der Waals surface area contributed by atoms with Crippen LogP contribution in [0.4, 0.5) is 4.39 Å². The zero-order valence-electron chi connectivity index (χ0n) is 12.2. The van der Waals surface area contributed by atoms with Crippen LogP contribution in [-0.4, -0.2) is 10.9 Å². The van der Waals surface area contributed by atoms with Crippen LogP contribution < -0.4 is 5.32 Å². The monoisotopic (exact) mass is 380 g/mol. The van der Waals surface area contributed by atoms with Crippen molar-refractivity contribution in [3.63, 3.8) is 0 Å². The molecule has 1 N–H and O–H groups in total. The second-order valence-electron chi connectivity index (χ2n) is 4.98. The van der Waals surface area contributed by atoms with E-state index < -0.39 is 5.82 Å². The molecule has 1 amide bonds. The van der Waals surface area contributed by atoms with Gasteiger partial charge in [0.15, 0.2) is 5.01 Å². The second-order valence-corrected chi connectivity index (χ2v) is 6.68. The van der Waals surface area contributed by atoms with Gasteiger partial charge in [0.1, 0.15) is 5.82 Å². The number of aromatic nitrogens is 1. The number of thiazole rings is 1. The SMILES string of the molecule is O=C(NCc1ccc(F)c(Cl)c1)c1nc(-c2ccc(Cl)cc2)cs1. The molecule has 0 atom stereocenters. The number of carbonyl (C=O) groups is 1. The van der Waals surface area contributed by atoms with Gasteiger partial charge in [-0.15, -0.1) is 11.3 Å². The summed E-state index contributed by atoms with van der Waals surface area (Å²) in [5, 5.41) is 5.58. The summed E-state index contributed by atoms with van der Waals surface area (Å²) >= 11 is 12.8. The van der Waals surface area contributed by atoms with E-state index >= 15 is 0 Å². The van der Waals surface area contributed by atoms with Crippen molar-refractivity contribution in [2.24, 2.45) is 0 Å². The van der Waals surface area contributed by atoms with Gasteiger partial charge in [0.2, 0.25) is 0 Å². The predicted octanol–water partition coefficient (Wildman–Crippen LogP) is 5.19.